The first-order valence-electron chi connectivity index (χ1n) is 17.1. The Bertz CT molecular complexity index is 1420. The molecule has 2 saturated heterocycles. The molecule has 6 atom stereocenters. The zero-order valence-electron chi connectivity index (χ0n) is 28.1. The molecule has 2 aromatic rings. The molecular formula is C35H51N5O7. The van der Waals surface area contributed by atoms with Crippen molar-refractivity contribution in [2.45, 2.75) is 115 Å². The number of piperidine rings is 1. The van der Waals surface area contributed by atoms with Crippen molar-refractivity contribution in [3.63, 3.8) is 0 Å². The van der Waals surface area contributed by atoms with Crippen molar-refractivity contribution >= 4 is 40.2 Å². The number of amides is 3. The molecule has 3 amide bonds. The van der Waals surface area contributed by atoms with Crippen LogP contribution in [0.5, 0.6) is 0 Å². The molecule has 2 aliphatic rings. The van der Waals surface area contributed by atoms with E-state index in [4.69, 9.17) is 4.84 Å². The molecule has 2 aliphatic heterocycles. The molecule has 2 fully saturated rings. The maximum Gasteiger partial charge on any atom is 0.243 e. The second-order valence-corrected chi connectivity index (χ2v) is 13.1. The fourth-order valence-electron chi connectivity index (χ4n) is 6.61. The molecule has 47 heavy (non-hydrogen) atoms. The lowest BCUT2D eigenvalue weighted by atomic mass is 9.93. The Labute approximate surface area is 276 Å². The van der Waals surface area contributed by atoms with Crippen molar-refractivity contribution < 1.29 is 33.9 Å². The number of ketones is 2. The van der Waals surface area contributed by atoms with Crippen molar-refractivity contribution in [1.82, 2.24) is 25.6 Å². The quantitative estimate of drug-likeness (QED) is 0.254. The van der Waals surface area contributed by atoms with Crippen LogP contribution in [0, 0.1) is 5.92 Å². The van der Waals surface area contributed by atoms with Crippen molar-refractivity contribution in [3.8, 4) is 0 Å². The number of unbranched alkanes of at least 4 members (excludes halogenated alkanes) is 2. The van der Waals surface area contributed by atoms with E-state index in [1.54, 1.807) is 18.0 Å². The average Bonchev–Trinajstić information content (AvgIpc) is 3.42. The van der Waals surface area contributed by atoms with Crippen molar-refractivity contribution in [2.75, 3.05) is 20.2 Å². The zero-order valence-corrected chi connectivity index (χ0v) is 28.1. The van der Waals surface area contributed by atoms with Crippen LogP contribution in [-0.4, -0.2) is 94.5 Å². The fraction of sp³-hybridized carbons (Fsp3) is 0.629. The van der Waals surface area contributed by atoms with E-state index >= 15 is 0 Å². The van der Waals surface area contributed by atoms with Crippen molar-refractivity contribution in [1.29, 1.82) is 0 Å². The van der Waals surface area contributed by atoms with Gasteiger partial charge in [0.25, 0.3) is 0 Å². The molecule has 0 radical (unpaired) electrons. The van der Waals surface area contributed by atoms with Crippen LogP contribution in [0.3, 0.4) is 0 Å². The van der Waals surface area contributed by atoms with E-state index in [1.165, 1.54) is 6.92 Å². The van der Waals surface area contributed by atoms with Crippen LogP contribution < -0.4 is 20.8 Å². The third kappa shape index (κ3) is 9.19. The Kier molecular flexibility index (Phi) is 12.9. The van der Waals surface area contributed by atoms with Gasteiger partial charge in [-0.2, -0.15) is 4.73 Å². The van der Waals surface area contributed by atoms with Gasteiger partial charge in [-0.3, -0.25) is 28.9 Å². The number of fused-ring (bicyclic) bond motifs is 2. The summed E-state index contributed by atoms with van der Waals surface area (Å²) in [7, 11) is 1.55. The van der Waals surface area contributed by atoms with Crippen LogP contribution in [-0.2, 0) is 30.4 Å². The van der Waals surface area contributed by atoms with E-state index in [0.29, 0.717) is 45.1 Å². The lowest BCUT2D eigenvalue weighted by molar-refractivity contribution is -0.134. The molecule has 0 bridgehead atoms. The third-order valence-electron chi connectivity index (χ3n) is 9.66. The van der Waals surface area contributed by atoms with Gasteiger partial charge < -0.3 is 25.9 Å². The minimum absolute atomic E-state index is 0.0305. The van der Waals surface area contributed by atoms with Gasteiger partial charge in [0.05, 0.1) is 24.1 Å². The Balaban J connectivity index is 1.65. The number of aliphatic hydroxyl groups is 1. The van der Waals surface area contributed by atoms with Crippen molar-refractivity contribution in [3.05, 3.63) is 36.0 Å². The second kappa shape index (κ2) is 16.9. The number of hydrogen-bond donors (Lipinski definition) is 4. The van der Waals surface area contributed by atoms with Gasteiger partial charge in [-0.15, -0.1) is 0 Å². The second-order valence-electron chi connectivity index (χ2n) is 13.1. The van der Waals surface area contributed by atoms with E-state index in [-0.39, 0.29) is 42.8 Å². The molecule has 1 aromatic heterocycles. The largest absolute Gasteiger partial charge is 0.417 e. The van der Waals surface area contributed by atoms with Gasteiger partial charge in [-0.25, -0.2) is 0 Å². The van der Waals surface area contributed by atoms with Crippen LogP contribution in [0.1, 0.15) is 84.1 Å². The van der Waals surface area contributed by atoms with Gasteiger partial charge >= 0.3 is 0 Å². The standard InChI is InChI=1S/C35H51N5O7/c1-5-22(2)32-31(43)21-39-18-12-11-16-29(39)35(46)36-26(14-7-6-8-17-30(42)23(3)41)33(44)37-27(34(45)38-32)19-24-20-40(47-4)28-15-10-9-13-25(24)28/h9-10,13,15,20,22-23,26-27,29,32,41H,5-8,11-12,14,16-19,21H2,1-4H3,(H,36,46)(H,37,44)(H,38,45)/t22-,23?,26-,27-,29+,32-/m0/s1. The molecule has 0 spiro atoms. The molecule has 12 nitrogen and oxygen atoms in total. The number of benzene rings is 1. The van der Waals surface area contributed by atoms with Crippen LogP contribution >= 0.6 is 0 Å². The third-order valence-corrected chi connectivity index (χ3v) is 9.66. The first-order valence-corrected chi connectivity index (χ1v) is 17.1. The van der Waals surface area contributed by atoms with Crippen LogP contribution in [0.4, 0.5) is 0 Å². The monoisotopic (exact) mass is 653 g/mol. The topological polar surface area (TPSA) is 159 Å². The Hall–Kier alpha value is -3.77. The summed E-state index contributed by atoms with van der Waals surface area (Å²) in [6.45, 7) is 5.94. The van der Waals surface area contributed by atoms with Gasteiger partial charge in [0.15, 0.2) is 11.6 Å². The normalized spacial score (nSPS) is 24.5. The lowest BCUT2D eigenvalue weighted by Gasteiger charge is -2.36. The maximum absolute atomic E-state index is 14.1. The minimum Gasteiger partial charge on any atom is -0.417 e. The average molecular weight is 654 g/mol. The van der Waals surface area contributed by atoms with Gasteiger partial charge in [-0.1, -0.05) is 57.7 Å². The molecule has 1 aromatic carbocycles. The maximum atomic E-state index is 14.1. The summed E-state index contributed by atoms with van der Waals surface area (Å²) in [6.07, 6.45) is 6.08. The molecular weight excluding hydrogens is 602 g/mol. The predicted molar refractivity (Wildman–Crippen MR) is 177 cm³/mol. The highest BCUT2D eigenvalue weighted by Gasteiger charge is 2.37. The number of nitrogens with one attached hydrogen (secondary N) is 3. The molecule has 1 unspecified atom stereocenters. The van der Waals surface area contributed by atoms with E-state index in [2.05, 4.69) is 16.0 Å². The number of carbonyl (C=O) groups is 5. The Morgan fingerprint density at radius 1 is 0.979 bits per heavy atom. The highest BCUT2D eigenvalue weighted by Crippen LogP contribution is 2.23. The first-order chi connectivity index (χ1) is 22.5. The number of para-hydroxylation sites is 1. The molecule has 4 rings (SSSR count). The summed E-state index contributed by atoms with van der Waals surface area (Å²) >= 11 is 0. The van der Waals surface area contributed by atoms with Gasteiger partial charge in [-0.05, 0) is 56.7 Å². The summed E-state index contributed by atoms with van der Waals surface area (Å²) in [5.74, 6) is -1.81. The molecule has 3 heterocycles. The number of Topliss-reactive ketones (excluding diaryl/α,β-unsaturated/α-hetero) is 2. The molecule has 12 heteroatoms. The highest BCUT2D eigenvalue weighted by molar-refractivity contribution is 5.97. The number of hydrogen-bond acceptors (Lipinski definition) is 8. The number of nitrogens with zero attached hydrogens (tertiary/aromatic N) is 2. The SMILES string of the molecule is CC[C@H](C)[C@@H]1NC(=O)[C@H](Cc2cn(OC)c3ccccc23)NC(=O)[C@H](CCCCCC(=O)C(C)O)NC(=O)[C@H]2CCCCN2CC1=O. The molecule has 258 valence electrons. The van der Waals surface area contributed by atoms with E-state index in [9.17, 15) is 29.1 Å². The number of aromatic nitrogens is 1. The lowest BCUT2D eigenvalue weighted by Crippen LogP contribution is -2.57. The molecule has 0 saturated carbocycles. The molecule has 4 N–H and O–H groups in total. The van der Waals surface area contributed by atoms with E-state index in [1.807, 2.05) is 43.0 Å². The van der Waals surface area contributed by atoms with Gasteiger partial charge in [0.1, 0.15) is 25.3 Å². The van der Waals surface area contributed by atoms with Crippen LogP contribution in [0.2, 0.25) is 0 Å². The van der Waals surface area contributed by atoms with Gasteiger partial charge in [0, 0.05) is 24.4 Å². The summed E-state index contributed by atoms with van der Waals surface area (Å²) < 4.78 is 1.61. The fourth-order valence-corrected chi connectivity index (χ4v) is 6.61. The van der Waals surface area contributed by atoms with E-state index in [0.717, 1.165) is 29.3 Å². The summed E-state index contributed by atoms with van der Waals surface area (Å²) in [6, 6.07) is 4.31. The zero-order chi connectivity index (χ0) is 34.1. The van der Waals surface area contributed by atoms with Gasteiger partial charge in [0.2, 0.25) is 17.7 Å². The Morgan fingerprint density at radius 3 is 2.43 bits per heavy atom. The predicted octanol–water partition coefficient (Wildman–Crippen LogP) is 2.08. The number of aliphatic hydroxyl groups excluding tert-OH is 1. The number of carbonyl (C=O) groups excluding carboxylic acids is 5. The number of rotatable bonds is 12. The first kappa shape index (κ1) is 36.1. The summed E-state index contributed by atoms with van der Waals surface area (Å²) in [5, 5.41) is 19.2. The van der Waals surface area contributed by atoms with Crippen LogP contribution in [0.15, 0.2) is 30.5 Å². The summed E-state index contributed by atoms with van der Waals surface area (Å²) in [5.41, 5.74) is 1.59. The smallest absolute Gasteiger partial charge is 0.243 e. The van der Waals surface area contributed by atoms with E-state index < -0.39 is 42.1 Å². The summed E-state index contributed by atoms with van der Waals surface area (Å²) in [4.78, 5) is 74.8. The molecule has 0 aliphatic carbocycles. The minimum atomic E-state index is -1.04. The van der Waals surface area contributed by atoms with Crippen LogP contribution in [0.25, 0.3) is 10.9 Å². The van der Waals surface area contributed by atoms with Crippen molar-refractivity contribution in [2.24, 2.45) is 5.92 Å². The Morgan fingerprint density at radius 2 is 1.70 bits per heavy atom. The highest BCUT2D eigenvalue weighted by atomic mass is 16.6.